The van der Waals surface area contributed by atoms with Gasteiger partial charge in [0, 0.05) is 31.0 Å². The van der Waals surface area contributed by atoms with E-state index in [1.165, 1.54) is 11.3 Å². The van der Waals surface area contributed by atoms with Gasteiger partial charge in [-0.15, -0.1) is 0 Å². The first kappa shape index (κ1) is 21.0. The fourth-order valence-electron chi connectivity index (χ4n) is 4.94. The third kappa shape index (κ3) is 4.04. The number of amides is 1. The second-order valence-electron chi connectivity index (χ2n) is 8.47. The summed E-state index contributed by atoms with van der Waals surface area (Å²) in [5.74, 6) is 0.262. The molecule has 0 spiro atoms. The van der Waals surface area contributed by atoms with Crippen molar-refractivity contribution in [1.29, 1.82) is 0 Å². The molecule has 31 heavy (non-hydrogen) atoms. The van der Waals surface area contributed by atoms with Crippen LogP contribution in [-0.4, -0.2) is 35.0 Å². The van der Waals surface area contributed by atoms with Crippen LogP contribution in [0.4, 0.5) is 0 Å². The van der Waals surface area contributed by atoms with E-state index in [9.17, 15) is 4.79 Å². The average molecular weight is 475 g/mol. The Labute approximate surface area is 196 Å². The predicted octanol–water partition coefficient (Wildman–Crippen LogP) is 6.48. The van der Waals surface area contributed by atoms with E-state index < -0.39 is 5.41 Å². The van der Waals surface area contributed by atoms with Crippen LogP contribution in [0.3, 0.4) is 0 Å². The molecular formula is C24H24Cl2N2O2S. The van der Waals surface area contributed by atoms with Crippen molar-refractivity contribution in [3.05, 3.63) is 58.1 Å². The number of carbonyl (C=O) groups excluding carboxylic acids is 1. The Hall–Kier alpha value is -1.82. The quantitative estimate of drug-likeness (QED) is 0.434. The fourth-order valence-corrected chi connectivity index (χ4v) is 6.25. The maximum Gasteiger partial charge on any atom is 0.274 e. The van der Waals surface area contributed by atoms with Crippen LogP contribution in [0.1, 0.15) is 44.1 Å². The highest BCUT2D eigenvalue weighted by atomic mass is 35.5. The maximum absolute atomic E-state index is 13.7. The van der Waals surface area contributed by atoms with Crippen LogP contribution in [0.2, 0.25) is 10.0 Å². The molecule has 3 aromatic rings. The van der Waals surface area contributed by atoms with Gasteiger partial charge in [-0.25, -0.2) is 4.98 Å². The summed E-state index contributed by atoms with van der Waals surface area (Å²) < 4.78 is 7.20. The lowest BCUT2D eigenvalue weighted by Crippen LogP contribution is -2.50. The lowest BCUT2D eigenvalue weighted by Gasteiger charge is -2.38. The summed E-state index contributed by atoms with van der Waals surface area (Å²) in [6.45, 7) is 1.43. The number of ether oxygens (including phenoxy) is 1. The monoisotopic (exact) mass is 474 g/mol. The molecule has 162 valence electrons. The van der Waals surface area contributed by atoms with Gasteiger partial charge in [-0.2, -0.15) is 0 Å². The molecule has 1 amide bonds. The molecule has 1 saturated heterocycles. The number of benzene rings is 2. The highest BCUT2D eigenvalue weighted by Gasteiger charge is 2.45. The molecule has 0 unspecified atom stereocenters. The number of likely N-dealkylation sites (tertiary alicyclic amines) is 1. The number of rotatable bonds is 4. The SMILES string of the molecule is O=C(N1CCC(Oc2nc3c(Cl)cccc3s2)CC1)C1(c2ccc(Cl)cc2)CCCC1. The van der Waals surface area contributed by atoms with Gasteiger partial charge >= 0.3 is 0 Å². The number of hydrogen-bond acceptors (Lipinski definition) is 4. The lowest BCUT2D eigenvalue weighted by molar-refractivity contribution is -0.139. The Morgan fingerprint density at radius 2 is 1.77 bits per heavy atom. The Kier molecular flexibility index (Phi) is 5.84. The molecule has 2 heterocycles. The molecule has 0 N–H and O–H groups in total. The first-order chi connectivity index (χ1) is 15.0. The van der Waals surface area contributed by atoms with Crippen LogP contribution in [0.25, 0.3) is 10.2 Å². The minimum atomic E-state index is -0.401. The zero-order chi connectivity index (χ0) is 21.4. The van der Waals surface area contributed by atoms with Crippen LogP contribution >= 0.6 is 34.5 Å². The molecule has 2 aliphatic rings. The largest absolute Gasteiger partial charge is 0.467 e. The summed E-state index contributed by atoms with van der Waals surface area (Å²) in [7, 11) is 0. The minimum absolute atomic E-state index is 0.0680. The van der Waals surface area contributed by atoms with Crippen molar-refractivity contribution in [2.24, 2.45) is 0 Å². The molecule has 1 aromatic heterocycles. The Morgan fingerprint density at radius 1 is 1.06 bits per heavy atom. The summed E-state index contributed by atoms with van der Waals surface area (Å²) >= 11 is 13.8. The van der Waals surface area contributed by atoms with Gasteiger partial charge in [0.15, 0.2) is 0 Å². The van der Waals surface area contributed by atoms with Gasteiger partial charge in [0.1, 0.15) is 11.6 Å². The van der Waals surface area contributed by atoms with E-state index in [0.717, 1.165) is 54.3 Å². The number of thiazole rings is 1. The van der Waals surface area contributed by atoms with Crippen LogP contribution in [0.5, 0.6) is 5.19 Å². The minimum Gasteiger partial charge on any atom is -0.467 e. The van der Waals surface area contributed by atoms with Crippen molar-refractivity contribution in [3.63, 3.8) is 0 Å². The fraction of sp³-hybridized carbons (Fsp3) is 0.417. The van der Waals surface area contributed by atoms with E-state index in [1.807, 2.05) is 47.4 Å². The highest BCUT2D eigenvalue weighted by molar-refractivity contribution is 7.20. The number of hydrogen-bond donors (Lipinski definition) is 0. The summed E-state index contributed by atoms with van der Waals surface area (Å²) in [5.41, 5.74) is 1.49. The van der Waals surface area contributed by atoms with Crippen molar-refractivity contribution in [3.8, 4) is 5.19 Å². The van der Waals surface area contributed by atoms with Crippen LogP contribution in [0.15, 0.2) is 42.5 Å². The van der Waals surface area contributed by atoms with Crippen molar-refractivity contribution in [2.45, 2.75) is 50.0 Å². The van der Waals surface area contributed by atoms with Crippen LogP contribution in [0, 0.1) is 0 Å². The molecule has 1 saturated carbocycles. The van der Waals surface area contributed by atoms with Gasteiger partial charge in [0.05, 0.1) is 15.1 Å². The smallest absolute Gasteiger partial charge is 0.274 e. The first-order valence-electron chi connectivity index (χ1n) is 10.8. The molecule has 2 fully saturated rings. The Balaban J connectivity index is 1.26. The second kappa shape index (κ2) is 8.61. The summed E-state index contributed by atoms with van der Waals surface area (Å²) in [6.07, 6.45) is 5.70. The highest BCUT2D eigenvalue weighted by Crippen LogP contribution is 2.43. The number of piperidine rings is 1. The van der Waals surface area contributed by atoms with Crippen LogP contribution in [-0.2, 0) is 10.2 Å². The molecular weight excluding hydrogens is 451 g/mol. The van der Waals surface area contributed by atoms with Gasteiger partial charge in [0.2, 0.25) is 5.91 Å². The Bertz CT molecular complexity index is 1080. The van der Waals surface area contributed by atoms with Gasteiger partial charge in [-0.05, 0) is 42.7 Å². The Morgan fingerprint density at radius 3 is 2.45 bits per heavy atom. The topological polar surface area (TPSA) is 42.4 Å². The molecule has 2 aromatic carbocycles. The molecule has 0 atom stereocenters. The molecule has 0 bridgehead atoms. The molecule has 1 aliphatic heterocycles. The van der Waals surface area contributed by atoms with E-state index in [2.05, 4.69) is 4.98 Å². The number of halogens is 2. The summed E-state index contributed by atoms with van der Waals surface area (Å²) in [5, 5.41) is 2.01. The van der Waals surface area contributed by atoms with E-state index in [4.69, 9.17) is 27.9 Å². The van der Waals surface area contributed by atoms with Gasteiger partial charge < -0.3 is 9.64 Å². The second-order valence-corrected chi connectivity index (χ2v) is 10.3. The zero-order valence-electron chi connectivity index (χ0n) is 17.2. The van der Waals surface area contributed by atoms with E-state index >= 15 is 0 Å². The standard InChI is InChI=1S/C24H24Cl2N2O2S/c25-17-8-6-16(7-9-17)24(12-1-2-13-24)22(29)28-14-10-18(11-15-28)30-23-27-21-19(26)4-3-5-20(21)31-23/h3-9,18H,1-2,10-15H2. The van der Waals surface area contributed by atoms with Crippen molar-refractivity contribution in [2.75, 3.05) is 13.1 Å². The van der Waals surface area contributed by atoms with Crippen molar-refractivity contribution in [1.82, 2.24) is 9.88 Å². The zero-order valence-corrected chi connectivity index (χ0v) is 19.5. The molecule has 5 rings (SSSR count). The molecule has 7 heteroatoms. The van der Waals surface area contributed by atoms with Crippen molar-refractivity contribution < 1.29 is 9.53 Å². The molecule has 0 radical (unpaired) electrons. The van der Waals surface area contributed by atoms with E-state index in [-0.39, 0.29) is 12.0 Å². The lowest BCUT2D eigenvalue weighted by atomic mass is 9.77. The first-order valence-corrected chi connectivity index (χ1v) is 12.4. The van der Waals surface area contributed by atoms with Crippen LogP contribution < -0.4 is 4.74 Å². The summed E-state index contributed by atoms with van der Waals surface area (Å²) in [6, 6.07) is 13.6. The summed E-state index contributed by atoms with van der Waals surface area (Å²) in [4.78, 5) is 20.2. The number of nitrogens with zero attached hydrogens (tertiary/aromatic N) is 2. The third-order valence-electron chi connectivity index (χ3n) is 6.61. The number of para-hydroxylation sites is 1. The number of aromatic nitrogens is 1. The van der Waals surface area contributed by atoms with E-state index in [0.29, 0.717) is 28.3 Å². The maximum atomic E-state index is 13.7. The van der Waals surface area contributed by atoms with Gasteiger partial charge in [-0.3, -0.25) is 4.79 Å². The number of carbonyl (C=O) groups is 1. The number of fused-ring (bicyclic) bond motifs is 1. The predicted molar refractivity (Wildman–Crippen MR) is 126 cm³/mol. The molecule has 4 nitrogen and oxygen atoms in total. The third-order valence-corrected chi connectivity index (χ3v) is 8.08. The van der Waals surface area contributed by atoms with Gasteiger partial charge in [-0.1, -0.05) is 65.6 Å². The van der Waals surface area contributed by atoms with Gasteiger partial charge in [0.25, 0.3) is 5.19 Å². The van der Waals surface area contributed by atoms with E-state index in [1.54, 1.807) is 0 Å². The van der Waals surface area contributed by atoms with Crippen molar-refractivity contribution >= 4 is 50.7 Å². The molecule has 1 aliphatic carbocycles. The average Bonchev–Trinajstić information content (AvgIpc) is 3.43. The normalized spacial score (nSPS) is 19.1.